The highest BCUT2D eigenvalue weighted by Gasteiger charge is 2.17. The Kier molecular flexibility index (Phi) is 7.19. The van der Waals surface area contributed by atoms with Crippen molar-refractivity contribution in [3.63, 3.8) is 0 Å². The van der Waals surface area contributed by atoms with Crippen molar-refractivity contribution in [1.29, 1.82) is 0 Å². The van der Waals surface area contributed by atoms with Gasteiger partial charge in [0.05, 0.1) is 5.52 Å². The van der Waals surface area contributed by atoms with Gasteiger partial charge in [-0.2, -0.15) is 0 Å². The van der Waals surface area contributed by atoms with Crippen molar-refractivity contribution < 1.29 is 10.0 Å². The molecule has 2 aromatic rings. The van der Waals surface area contributed by atoms with Crippen molar-refractivity contribution in [3.8, 4) is 0 Å². The van der Waals surface area contributed by atoms with Crippen molar-refractivity contribution in [1.82, 2.24) is 10.3 Å². The molecule has 0 spiro atoms. The molecule has 1 aromatic carbocycles. The van der Waals surface area contributed by atoms with E-state index < -0.39 is 0 Å². The quantitative estimate of drug-likeness (QED) is 0.302. The lowest BCUT2D eigenvalue weighted by Gasteiger charge is -2.21. The lowest BCUT2D eigenvalue weighted by atomic mass is 9.87. The van der Waals surface area contributed by atoms with Gasteiger partial charge in [0, 0.05) is 17.6 Å². The highest BCUT2D eigenvalue weighted by molar-refractivity contribution is 6.25. The smallest absolute Gasteiger partial charge is 0.265 e. The molecular formula is C22H29N3O2. The van der Waals surface area contributed by atoms with E-state index in [2.05, 4.69) is 34.7 Å². The first-order chi connectivity index (χ1) is 13.3. The van der Waals surface area contributed by atoms with Gasteiger partial charge in [0.2, 0.25) is 0 Å². The zero-order valence-corrected chi connectivity index (χ0v) is 15.9. The second-order valence-electron chi connectivity index (χ2n) is 7.29. The molecular weight excluding hydrogens is 338 g/mol. The van der Waals surface area contributed by atoms with Gasteiger partial charge in [0.25, 0.3) is 5.91 Å². The number of rotatable bonds is 9. The molecule has 1 aliphatic rings. The van der Waals surface area contributed by atoms with Crippen molar-refractivity contribution in [3.05, 3.63) is 41.1 Å². The molecule has 0 bridgehead atoms. The molecule has 5 nitrogen and oxygen atoms in total. The second kappa shape index (κ2) is 10.0. The summed E-state index contributed by atoms with van der Waals surface area (Å²) in [6, 6.07) is 8.58. The fourth-order valence-electron chi connectivity index (χ4n) is 4.02. The summed E-state index contributed by atoms with van der Waals surface area (Å²) in [5.74, 6) is -0.341. The SMILES string of the molecule is O=C(/C=N/O)NCCCCCCCc1c2c(nc3ccccc13)CCCC2. The van der Waals surface area contributed by atoms with Gasteiger partial charge in [0.15, 0.2) is 0 Å². The third kappa shape index (κ3) is 5.28. The number of hydrogen-bond acceptors (Lipinski definition) is 4. The third-order valence-electron chi connectivity index (χ3n) is 5.37. The molecule has 3 rings (SSSR count). The molecule has 1 aromatic heterocycles. The van der Waals surface area contributed by atoms with E-state index in [0.29, 0.717) is 6.54 Å². The monoisotopic (exact) mass is 367 g/mol. The number of aryl methyl sites for hydroxylation is 2. The molecule has 0 saturated carbocycles. The summed E-state index contributed by atoms with van der Waals surface area (Å²) in [5.41, 5.74) is 5.53. The minimum atomic E-state index is -0.341. The molecule has 0 atom stereocenters. The Labute approximate surface area is 160 Å². The number of pyridine rings is 1. The number of oxime groups is 1. The Bertz CT molecular complexity index is 801. The first-order valence-electron chi connectivity index (χ1n) is 10.1. The minimum Gasteiger partial charge on any atom is -0.411 e. The summed E-state index contributed by atoms with van der Waals surface area (Å²) in [6.45, 7) is 0.632. The number of para-hydroxylation sites is 1. The maximum atomic E-state index is 11.1. The molecule has 144 valence electrons. The van der Waals surface area contributed by atoms with E-state index in [9.17, 15) is 4.79 Å². The molecule has 1 amide bonds. The van der Waals surface area contributed by atoms with Gasteiger partial charge in [-0.05, 0) is 62.1 Å². The van der Waals surface area contributed by atoms with Crippen LogP contribution in [0.4, 0.5) is 0 Å². The number of unbranched alkanes of at least 4 members (excludes halogenated alkanes) is 4. The number of fused-ring (bicyclic) bond motifs is 2. The molecule has 0 unspecified atom stereocenters. The molecule has 2 N–H and O–H groups in total. The Morgan fingerprint density at radius 2 is 1.89 bits per heavy atom. The van der Waals surface area contributed by atoms with E-state index in [1.54, 1.807) is 0 Å². The van der Waals surface area contributed by atoms with Crippen LogP contribution in [0.15, 0.2) is 29.4 Å². The van der Waals surface area contributed by atoms with Crippen LogP contribution < -0.4 is 5.32 Å². The van der Waals surface area contributed by atoms with Crippen molar-refractivity contribution >= 4 is 23.0 Å². The van der Waals surface area contributed by atoms with Crippen molar-refractivity contribution in [2.45, 2.75) is 64.2 Å². The van der Waals surface area contributed by atoms with Gasteiger partial charge in [0.1, 0.15) is 6.21 Å². The summed E-state index contributed by atoms with van der Waals surface area (Å²) >= 11 is 0. The first-order valence-corrected chi connectivity index (χ1v) is 10.1. The second-order valence-corrected chi connectivity index (χ2v) is 7.29. The Morgan fingerprint density at radius 1 is 1.11 bits per heavy atom. The fraction of sp³-hybridized carbons (Fsp3) is 0.500. The van der Waals surface area contributed by atoms with Crippen LogP contribution in [0.1, 0.15) is 61.8 Å². The number of nitrogens with zero attached hydrogens (tertiary/aromatic N) is 2. The van der Waals surface area contributed by atoms with Gasteiger partial charge in [-0.3, -0.25) is 9.78 Å². The molecule has 27 heavy (non-hydrogen) atoms. The number of aromatic nitrogens is 1. The number of carbonyl (C=O) groups is 1. The van der Waals surface area contributed by atoms with Crippen LogP contribution in [-0.4, -0.2) is 28.9 Å². The predicted octanol–water partition coefficient (Wildman–Crippen LogP) is 4.18. The van der Waals surface area contributed by atoms with Gasteiger partial charge < -0.3 is 10.5 Å². The molecule has 0 aliphatic heterocycles. The van der Waals surface area contributed by atoms with Crippen LogP contribution in [-0.2, 0) is 24.1 Å². The number of benzene rings is 1. The van der Waals surface area contributed by atoms with Gasteiger partial charge in [-0.1, -0.05) is 42.6 Å². The van der Waals surface area contributed by atoms with Crippen LogP contribution in [0.25, 0.3) is 10.9 Å². The van der Waals surface area contributed by atoms with Gasteiger partial charge in [-0.25, -0.2) is 0 Å². The predicted molar refractivity (Wildman–Crippen MR) is 108 cm³/mol. The maximum absolute atomic E-state index is 11.1. The van der Waals surface area contributed by atoms with Gasteiger partial charge >= 0.3 is 0 Å². The number of nitrogens with one attached hydrogen (secondary N) is 1. The molecule has 1 heterocycles. The standard InChI is InChI=1S/C22H29N3O2/c26-22(16-24-27)23-15-9-3-1-2-4-10-17-18-11-5-7-13-20(18)25-21-14-8-6-12-19(17)21/h5,7,11,13,16,27H,1-4,6,8-10,12,14-15H2,(H,23,26)/b24-16+. The largest absolute Gasteiger partial charge is 0.411 e. The van der Waals surface area contributed by atoms with E-state index in [1.807, 2.05) is 0 Å². The topological polar surface area (TPSA) is 74.6 Å². The van der Waals surface area contributed by atoms with Crippen LogP contribution in [0.5, 0.6) is 0 Å². The normalized spacial score (nSPS) is 13.8. The van der Waals surface area contributed by atoms with Crippen LogP contribution in [0, 0.1) is 0 Å². The minimum absolute atomic E-state index is 0.341. The van der Waals surface area contributed by atoms with Crippen LogP contribution in [0.2, 0.25) is 0 Å². The zero-order valence-electron chi connectivity index (χ0n) is 15.9. The van der Waals surface area contributed by atoms with Crippen molar-refractivity contribution in [2.24, 2.45) is 5.16 Å². The summed E-state index contributed by atoms with van der Waals surface area (Å²) in [5, 5.41) is 15.0. The van der Waals surface area contributed by atoms with Crippen molar-refractivity contribution in [2.75, 3.05) is 6.54 Å². The zero-order chi connectivity index (χ0) is 18.9. The van der Waals surface area contributed by atoms with Gasteiger partial charge in [-0.15, -0.1) is 0 Å². The average molecular weight is 367 g/mol. The van der Waals surface area contributed by atoms with E-state index in [1.165, 1.54) is 60.7 Å². The van der Waals surface area contributed by atoms with E-state index in [-0.39, 0.29) is 5.91 Å². The molecule has 5 heteroatoms. The Morgan fingerprint density at radius 3 is 2.78 bits per heavy atom. The number of amides is 1. The lowest BCUT2D eigenvalue weighted by Crippen LogP contribution is -2.25. The van der Waals surface area contributed by atoms with Crippen LogP contribution in [0.3, 0.4) is 0 Å². The molecule has 0 saturated heterocycles. The van der Waals surface area contributed by atoms with E-state index in [0.717, 1.165) is 37.4 Å². The average Bonchev–Trinajstić information content (AvgIpc) is 2.69. The molecule has 1 aliphatic carbocycles. The number of carbonyl (C=O) groups excluding carboxylic acids is 1. The Hall–Kier alpha value is -2.43. The summed E-state index contributed by atoms with van der Waals surface area (Å²) < 4.78 is 0. The highest BCUT2D eigenvalue weighted by atomic mass is 16.4. The summed E-state index contributed by atoms with van der Waals surface area (Å²) in [6.07, 6.45) is 12.5. The molecule has 0 fully saturated rings. The van der Waals surface area contributed by atoms with E-state index in [4.69, 9.17) is 10.2 Å². The fourth-order valence-corrected chi connectivity index (χ4v) is 4.02. The lowest BCUT2D eigenvalue weighted by molar-refractivity contribution is -0.114. The summed E-state index contributed by atoms with van der Waals surface area (Å²) in [4.78, 5) is 16.1. The third-order valence-corrected chi connectivity index (χ3v) is 5.37. The highest BCUT2D eigenvalue weighted by Crippen LogP contribution is 2.30. The first kappa shape index (κ1) is 19.3. The Balaban J connectivity index is 1.48. The van der Waals surface area contributed by atoms with Crippen LogP contribution >= 0.6 is 0 Å². The number of hydrogen-bond donors (Lipinski definition) is 2. The maximum Gasteiger partial charge on any atom is 0.265 e. The molecule has 0 radical (unpaired) electrons. The summed E-state index contributed by atoms with van der Waals surface area (Å²) in [7, 11) is 0. The van der Waals surface area contributed by atoms with E-state index >= 15 is 0 Å².